The predicted octanol–water partition coefficient (Wildman–Crippen LogP) is 6.61. The Labute approximate surface area is 168 Å². The summed E-state index contributed by atoms with van der Waals surface area (Å²) < 4.78 is 11.1. The molecule has 2 aromatic carbocycles. The fourth-order valence-electron chi connectivity index (χ4n) is 3.25. The van der Waals surface area contributed by atoms with Gasteiger partial charge in [-0.15, -0.1) is 12.3 Å². The molecular formula is C24H29ClO2. The lowest BCUT2D eigenvalue weighted by molar-refractivity contribution is 0.107. The largest absolute Gasteiger partial charge is 0.497 e. The molecule has 3 heteroatoms. The SMILES string of the molecule is C#CCCC(c1ccc(Cl)c(COCc2ccc(OC)cc2)c1)C(C)(C)C. The van der Waals surface area contributed by atoms with Crippen molar-refractivity contribution in [2.24, 2.45) is 5.41 Å². The third-order valence-corrected chi connectivity index (χ3v) is 5.15. The quantitative estimate of drug-likeness (QED) is 0.477. The van der Waals surface area contributed by atoms with E-state index >= 15 is 0 Å². The van der Waals surface area contributed by atoms with Gasteiger partial charge in [-0.2, -0.15) is 0 Å². The Balaban J connectivity index is 2.08. The van der Waals surface area contributed by atoms with Gasteiger partial charge in [-0.05, 0) is 52.6 Å². The highest BCUT2D eigenvalue weighted by Gasteiger charge is 2.26. The molecule has 2 aromatic rings. The van der Waals surface area contributed by atoms with E-state index in [-0.39, 0.29) is 5.41 Å². The number of benzene rings is 2. The Kier molecular flexibility index (Phi) is 7.78. The van der Waals surface area contributed by atoms with E-state index in [4.69, 9.17) is 27.5 Å². The Morgan fingerprint density at radius 1 is 1.07 bits per heavy atom. The first-order valence-corrected chi connectivity index (χ1v) is 9.65. The standard InChI is InChI=1S/C24H29ClO2/c1-6-7-8-22(24(2,3)4)19-11-14-23(25)20(15-19)17-27-16-18-9-12-21(26-5)13-10-18/h1,9-15,22H,7-8,16-17H2,2-5H3. The molecule has 2 nitrogen and oxygen atoms in total. The molecule has 1 unspecified atom stereocenters. The molecule has 1 atom stereocenters. The summed E-state index contributed by atoms with van der Waals surface area (Å²) >= 11 is 6.41. The number of terminal acetylenes is 1. The smallest absolute Gasteiger partial charge is 0.118 e. The van der Waals surface area contributed by atoms with Gasteiger partial charge in [0.2, 0.25) is 0 Å². The number of hydrogen-bond acceptors (Lipinski definition) is 2. The molecule has 0 aliphatic carbocycles. The van der Waals surface area contributed by atoms with Gasteiger partial charge in [0.05, 0.1) is 20.3 Å². The summed E-state index contributed by atoms with van der Waals surface area (Å²) in [6.07, 6.45) is 7.23. The highest BCUT2D eigenvalue weighted by molar-refractivity contribution is 6.31. The van der Waals surface area contributed by atoms with E-state index in [9.17, 15) is 0 Å². The third-order valence-electron chi connectivity index (χ3n) is 4.78. The topological polar surface area (TPSA) is 18.5 Å². The summed E-state index contributed by atoms with van der Waals surface area (Å²) in [4.78, 5) is 0. The molecule has 0 saturated heterocycles. The van der Waals surface area contributed by atoms with Gasteiger partial charge >= 0.3 is 0 Å². The first-order valence-electron chi connectivity index (χ1n) is 9.27. The van der Waals surface area contributed by atoms with Crippen molar-refractivity contribution in [1.82, 2.24) is 0 Å². The normalized spacial score (nSPS) is 12.4. The summed E-state index contributed by atoms with van der Waals surface area (Å²) in [5, 5.41) is 0.734. The van der Waals surface area contributed by atoms with Gasteiger partial charge in [0, 0.05) is 11.4 Å². The molecule has 0 heterocycles. The van der Waals surface area contributed by atoms with Crippen molar-refractivity contribution in [1.29, 1.82) is 0 Å². The molecule has 0 aromatic heterocycles. The first-order chi connectivity index (χ1) is 12.8. The summed E-state index contributed by atoms with van der Waals surface area (Å²) in [7, 11) is 1.66. The van der Waals surface area contributed by atoms with Gasteiger partial charge in [-0.25, -0.2) is 0 Å². The Morgan fingerprint density at radius 3 is 2.37 bits per heavy atom. The minimum absolute atomic E-state index is 0.131. The monoisotopic (exact) mass is 384 g/mol. The van der Waals surface area contributed by atoms with E-state index in [0.29, 0.717) is 19.1 Å². The van der Waals surface area contributed by atoms with E-state index < -0.39 is 0 Å². The molecule has 0 fully saturated rings. The van der Waals surface area contributed by atoms with E-state index in [0.717, 1.165) is 34.7 Å². The van der Waals surface area contributed by atoms with Crippen LogP contribution in [0.15, 0.2) is 42.5 Å². The summed E-state index contributed by atoms with van der Waals surface area (Å²) in [6.45, 7) is 7.77. The fourth-order valence-corrected chi connectivity index (χ4v) is 3.42. The van der Waals surface area contributed by atoms with E-state index in [2.05, 4.69) is 38.8 Å². The highest BCUT2D eigenvalue weighted by Crippen LogP contribution is 2.39. The molecule has 0 amide bonds. The van der Waals surface area contributed by atoms with Crippen molar-refractivity contribution in [2.75, 3.05) is 7.11 Å². The van der Waals surface area contributed by atoms with Crippen LogP contribution < -0.4 is 4.74 Å². The van der Waals surface area contributed by atoms with Gasteiger partial charge in [0.1, 0.15) is 5.75 Å². The molecule has 0 spiro atoms. The Hall–Kier alpha value is -1.95. The molecule has 0 radical (unpaired) electrons. The average Bonchev–Trinajstić information content (AvgIpc) is 2.64. The van der Waals surface area contributed by atoms with E-state index in [1.54, 1.807) is 7.11 Å². The number of methoxy groups -OCH3 is 1. The maximum Gasteiger partial charge on any atom is 0.118 e. The molecule has 0 bridgehead atoms. The molecule has 0 N–H and O–H groups in total. The average molecular weight is 385 g/mol. The van der Waals surface area contributed by atoms with Gasteiger partial charge in [0.25, 0.3) is 0 Å². The minimum atomic E-state index is 0.131. The molecule has 27 heavy (non-hydrogen) atoms. The number of ether oxygens (including phenoxy) is 2. The van der Waals surface area contributed by atoms with E-state index in [1.807, 2.05) is 30.3 Å². The molecule has 144 valence electrons. The zero-order chi connectivity index (χ0) is 19.9. The van der Waals surface area contributed by atoms with Gasteiger partial charge in [-0.1, -0.05) is 56.6 Å². The third kappa shape index (κ3) is 6.31. The molecule has 0 saturated carbocycles. The summed E-state index contributed by atoms with van der Waals surface area (Å²) in [5.41, 5.74) is 3.51. The second-order valence-corrected chi connectivity index (χ2v) is 8.26. The van der Waals surface area contributed by atoms with Crippen LogP contribution in [-0.4, -0.2) is 7.11 Å². The second kappa shape index (κ2) is 9.83. The summed E-state index contributed by atoms with van der Waals surface area (Å²) in [5.74, 6) is 3.99. The molecule has 2 rings (SSSR count). The van der Waals surface area contributed by atoms with Crippen LogP contribution in [0.2, 0.25) is 5.02 Å². The van der Waals surface area contributed by atoms with Crippen LogP contribution in [0.25, 0.3) is 0 Å². The first kappa shape index (κ1) is 21.4. The Morgan fingerprint density at radius 2 is 1.78 bits per heavy atom. The number of rotatable bonds is 8. The van der Waals surface area contributed by atoms with Gasteiger partial charge in [-0.3, -0.25) is 0 Å². The van der Waals surface area contributed by atoms with Crippen molar-refractivity contribution < 1.29 is 9.47 Å². The Bertz CT molecular complexity index is 766. The van der Waals surface area contributed by atoms with Crippen molar-refractivity contribution in [3.63, 3.8) is 0 Å². The number of hydrogen-bond donors (Lipinski definition) is 0. The predicted molar refractivity (Wildman–Crippen MR) is 113 cm³/mol. The zero-order valence-electron chi connectivity index (χ0n) is 16.7. The molecule has 0 aliphatic heterocycles. The second-order valence-electron chi connectivity index (χ2n) is 7.85. The van der Waals surface area contributed by atoms with Gasteiger partial charge in [0.15, 0.2) is 0 Å². The molecular weight excluding hydrogens is 356 g/mol. The van der Waals surface area contributed by atoms with Crippen molar-refractivity contribution in [2.45, 2.75) is 52.7 Å². The van der Waals surface area contributed by atoms with Crippen molar-refractivity contribution in [3.05, 3.63) is 64.2 Å². The van der Waals surface area contributed by atoms with Crippen LogP contribution in [-0.2, 0) is 18.0 Å². The zero-order valence-corrected chi connectivity index (χ0v) is 17.5. The highest BCUT2D eigenvalue weighted by atomic mass is 35.5. The maximum atomic E-state index is 6.41. The summed E-state index contributed by atoms with van der Waals surface area (Å²) in [6, 6.07) is 14.1. The van der Waals surface area contributed by atoms with Crippen molar-refractivity contribution >= 4 is 11.6 Å². The van der Waals surface area contributed by atoms with Crippen LogP contribution in [0.1, 0.15) is 56.2 Å². The van der Waals surface area contributed by atoms with Crippen LogP contribution in [0.4, 0.5) is 0 Å². The maximum absolute atomic E-state index is 6.41. The van der Waals surface area contributed by atoms with E-state index in [1.165, 1.54) is 5.56 Å². The van der Waals surface area contributed by atoms with Crippen LogP contribution in [0.5, 0.6) is 5.75 Å². The van der Waals surface area contributed by atoms with Crippen molar-refractivity contribution in [3.8, 4) is 18.1 Å². The number of halogens is 1. The lowest BCUT2D eigenvalue weighted by atomic mass is 9.74. The van der Waals surface area contributed by atoms with Crippen LogP contribution in [0, 0.1) is 17.8 Å². The van der Waals surface area contributed by atoms with Gasteiger partial charge < -0.3 is 9.47 Å². The fraction of sp³-hybridized carbons (Fsp3) is 0.417. The van der Waals surface area contributed by atoms with Crippen LogP contribution >= 0.6 is 11.6 Å². The molecule has 0 aliphatic rings. The van der Waals surface area contributed by atoms with Crippen LogP contribution in [0.3, 0.4) is 0 Å². The minimum Gasteiger partial charge on any atom is -0.497 e. The lowest BCUT2D eigenvalue weighted by Gasteiger charge is -2.31. The lowest BCUT2D eigenvalue weighted by Crippen LogP contribution is -2.18.